The molecule has 0 heterocycles. The number of hydrogen-bond donors (Lipinski definition) is 3. The van der Waals surface area contributed by atoms with Crippen LogP contribution >= 0.6 is 11.8 Å². The van der Waals surface area contributed by atoms with Crippen LogP contribution < -0.4 is 10.2 Å². The molecule has 2 aromatic carbocycles. The summed E-state index contributed by atoms with van der Waals surface area (Å²) in [7, 11) is 1.69. The van der Waals surface area contributed by atoms with Crippen molar-refractivity contribution in [2.45, 2.75) is 38.0 Å². The summed E-state index contributed by atoms with van der Waals surface area (Å²) in [6.07, 6.45) is 0.484. The minimum atomic E-state index is -0.609. The zero-order valence-corrected chi connectivity index (χ0v) is 20.6. The molecule has 2 rings (SSSR count). The van der Waals surface area contributed by atoms with Gasteiger partial charge in [-0.15, -0.1) is 11.8 Å². The first-order valence-corrected chi connectivity index (χ1v) is 12.2. The molecule has 0 bridgehead atoms. The third-order valence-electron chi connectivity index (χ3n) is 5.18. The number of carbonyl (C=O) groups is 3. The predicted molar refractivity (Wildman–Crippen MR) is 133 cm³/mol. The number of amides is 3. The van der Waals surface area contributed by atoms with E-state index in [9.17, 15) is 24.7 Å². The highest BCUT2D eigenvalue weighted by Crippen LogP contribution is 2.23. The maximum Gasteiger partial charge on any atom is 0.247 e. The predicted octanol–water partition coefficient (Wildman–Crippen LogP) is 3.88. The number of hydrogen-bond acceptors (Lipinski definition) is 6. The molecule has 8 nitrogen and oxygen atoms in total. The fourth-order valence-electron chi connectivity index (χ4n) is 3.32. The molecular formula is C25H33N3O5S. The summed E-state index contributed by atoms with van der Waals surface area (Å²) >= 11 is 1.23. The van der Waals surface area contributed by atoms with Gasteiger partial charge in [-0.05, 0) is 48.7 Å². The van der Waals surface area contributed by atoms with Crippen LogP contribution in [0.25, 0.3) is 0 Å². The van der Waals surface area contributed by atoms with E-state index in [1.54, 1.807) is 19.2 Å². The SMILES string of the molecule is CC(C)C[C@H](CC(=O)N(O)CSc1ccc(O)cc1)C(=O)NCCC(=O)N(C)c1ccccc1. The van der Waals surface area contributed by atoms with E-state index in [0.717, 1.165) is 10.6 Å². The number of phenols is 1. The van der Waals surface area contributed by atoms with Gasteiger partial charge in [0.25, 0.3) is 0 Å². The standard InChI is InChI=1S/C25H33N3O5S/c1-18(2)15-19(16-24(31)28(33)17-34-22-11-9-21(29)10-12-22)25(32)26-14-13-23(30)27(3)20-7-5-4-6-8-20/h4-12,18-19,29,33H,13-17H2,1-3H3,(H,26,32)/t19-/m1/s1. The van der Waals surface area contributed by atoms with E-state index in [0.29, 0.717) is 11.5 Å². The van der Waals surface area contributed by atoms with Crippen molar-refractivity contribution in [1.82, 2.24) is 10.4 Å². The molecule has 2 aromatic rings. The first kappa shape index (κ1) is 27.2. The van der Waals surface area contributed by atoms with Gasteiger partial charge in [-0.1, -0.05) is 32.0 Å². The molecule has 9 heteroatoms. The zero-order chi connectivity index (χ0) is 25.1. The second-order valence-electron chi connectivity index (χ2n) is 8.42. The highest BCUT2D eigenvalue weighted by Gasteiger charge is 2.25. The van der Waals surface area contributed by atoms with E-state index >= 15 is 0 Å². The van der Waals surface area contributed by atoms with E-state index in [4.69, 9.17) is 0 Å². The summed E-state index contributed by atoms with van der Waals surface area (Å²) in [5.41, 5.74) is 0.773. The number of para-hydroxylation sites is 1. The van der Waals surface area contributed by atoms with E-state index < -0.39 is 11.8 Å². The fraction of sp³-hybridized carbons (Fsp3) is 0.400. The normalized spacial score (nSPS) is 11.7. The van der Waals surface area contributed by atoms with Crippen molar-refractivity contribution in [2.24, 2.45) is 11.8 Å². The molecule has 0 radical (unpaired) electrons. The second kappa shape index (κ2) is 13.6. The summed E-state index contributed by atoms with van der Waals surface area (Å²) < 4.78 is 0. The highest BCUT2D eigenvalue weighted by atomic mass is 32.2. The number of aromatic hydroxyl groups is 1. The minimum Gasteiger partial charge on any atom is -0.508 e. The van der Waals surface area contributed by atoms with Gasteiger partial charge in [0.15, 0.2) is 0 Å². The summed E-state index contributed by atoms with van der Waals surface area (Å²) in [6, 6.07) is 15.7. The summed E-state index contributed by atoms with van der Waals surface area (Å²) in [4.78, 5) is 40.0. The van der Waals surface area contributed by atoms with Crippen molar-refractivity contribution < 1.29 is 24.7 Å². The number of nitrogens with one attached hydrogen (secondary N) is 1. The molecule has 3 N–H and O–H groups in total. The molecule has 34 heavy (non-hydrogen) atoms. The van der Waals surface area contributed by atoms with E-state index in [2.05, 4.69) is 5.32 Å². The number of nitrogens with zero attached hydrogens (tertiary/aromatic N) is 2. The van der Waals surface area contributed by atoms with Crippen LogP contribution in [-0.4, -0.2) is 52.6 Å². The van der Waals surface area contributed by atoms with Crippen molar-refractivity contribution >= 4 is 35.2 Å². The van der Waals surface area contributed by atoms with Crippen molar-refractivity contribution in [3.05, 3.63) is 54.6 Å². The zero-order valence-electron chi connectivity index (χ0n) is 19.8. The Morgan fingerprint density at radius 1 is 1.00 bits per heavy atom. The van der Waals surface area contributed by atoms with Gasteiger partial charge < -0.3 is 15.3 Å². The molecule has 184 valence electrons. The molecule has 0 aliphatic rings. The summed E-state index contributed by atoms with van der Waals surface area (Å²) in [5, 5.41) is 22.9. The lowest BCUT2D eigenvalue weighted by molar-refractivity contribution is -0.163. The van der Waals surface area contributed by atoms with Gasteiger partial charge in [0, 0.05) is 42.9 Å². The van der Waals surface area contributed by atoms with Gasteiger partial charge in [-0.2, -0.15) is 0 Å². The lowest BCUT2D eigenvalue weighted by Gasteiger charge is -2.22. The van der Waals surface area contributed by atoms with Gasteiger partial charge in [-0.25, -0.2) is 5.06 Å². The topological polar surface area (TPSA) is 110 Å². The number of hydroxylamine groups is 2. The van der Waals surface area contributed by atoms with Crippen LogP contribution in [0.5, 0.6) is 5.75 Å². The van der Waals surface area contributed by atoms with Crippen LogP contribution in [0, 0.1) is 11.8 Å². The third-order valence-corrected chi connectivity index (χ3v) is 6.16. The fourth-order valence-corrected chi connectivity index (χ4v) is 4.06. The monoisotopic (exact) mass is 487 g/mol. The Hall–Kier alpha value is -3.04. The Balaban J connectivity index is 1.84. The van der Waals surface area contributed by atoms with Crippen molar-refractivity contribution in [2.75, 3.05) is 24.4 Å². The van der Waals surface area contributed by atoms with Crippen LogP contribution in [0.2, 0.25) is 0 Å². The molecule has 0 saturated heterocycles. The van der Waals surface area contributed by atoms with Crippen LogP contribution in [0.4, 0.5) is 5.69 Å². The van der Waals surface area contributed by atoms with E-state index in [-0.39, 0.29) is 48.7 Å². The number of carbonyl (C=O) groups excluding carboxylic acids is 3. The maximum absolute atomic E-state index is 12.8. The molecule has 1 atom stereocenters. The molecule has 0 unspecified atom stereocenters. The molecule has 3 amide bonds. The molecule has 0 saturated carbocycles. The molecule has 0 aliphatic carbocycles. The third kappa shape index (κ3) is 9.07. The average Bonchev–Trinajstić information content (AvgIpc) is 2.82. The Morgan fingerprint density at radius 2 is 1.65 bits per heavy atom. The number of phenolic OH excluding ortho intramolecular Hbond substituents is 1. The Bertz CT molecular complexity index is 937. The Kier molecular flexibility index (Phi) is 10.9. The van der Waals surface area contributed by atoms with Gasteiger partial charge in [-0.3, -0.25) is 19.6 Å². The first-order valence-electron chi connectivity index (χ1n) is 11.2. The van der Waals surface area contributed by atoms with Crippen molar-refractivity contribution in [3.63, 3.8) is 0 Å². The van der Waals surface area contributed by atoms with Gasteiger partial charge in [0.2, 0.25) is 17.7 Å². The second-order valence-corrected chi connectivity index (χ2v) is 9.44. The molecule has 0 spiro atoms. The van der Waals surface area contributed by atoms with Crippen molar-refractivity contribution in [1.29, 1.82) is 0 Å². The van der Waals surface area contributed by atoms with Gasteiger partial charge >= 0.3 is 0 Å². The van der Waals surface area contributed by atoms with Crippen LogP contribution in [0.3, 0.4) is 0 Å². The quantitative estimate of drug-likeness (QED) is 0.181. The van der Waals surface area contributed by atoms with Crippen molar-refractivity contribution in [3.8, 4) is 5.75 Å². The molecule has 0 fully saturated rings. The maximum atomic E-state index is 12.8. The largest absolute Gasteiger partial charge is 0.508 e. The highest BCUT2D eigenvalue weighted by molar-refractivity contribution is 7.99. The summed E-state index contributed by atoms with van der Waals surface area (Å²) in [6.45, 7) is 4.08. The molecule has 0 aromatic heterocycles. The van der Waals surface area contributed by atoms with Gasteiger partial charge in [0.05, 0.1) is 5.88 Å². The number of anilines is 1. The number of thioether (sulfide) groups is 1. The van der Waals surface area contributed by atoms with E-state index in [1.807, 2.05) is 44.2 Å². The van der Waals surface area contributed by atoms with E-state index in [1.165, 1.54) is 28.8 Å². The summed E-state index contributed by atoms with van der Waals surface area (Å²) in [5.74, 6) is -1.28. The first-order chi connectivity index (χ1) is 16.2. The lowest BCUT2D eigenvalue weighted by Crippen LogP contribution is -2.38. The Morgan fingerprint density at radius 3 is 2.26 bits per heavy atom. The molecular weight excluding hydrogens is 454 g/mol. The minimum absolute atomic E-state index is 0.0000509. The van der Waals surface area contributed by atoms with Crippen LogP contribution in [0.1, 0.15) is 33.1 Å². The average molecular weight is 488 g/mol. The molecule has 0 aliphatic heterocycles. The van der Waals surface area contributed by atoms with Gasteiger partial charge in [0.1, 0.15) is 5.75 Å². The van der Waals surface area contributed by atoms with Crippen LogP contribution in [0.15, 0.2) is 59.5 Å². The number of rotatable bonds is 12. The Labute approximate surface area is 204 Å². The van der Waals surface area contributed by atoms with Crippen LogP contribution in [-0.2, 0) is 14.4 Å². The number of benzene rings is 2. The smallest absolute Gasteiger partial charge is 0.247 e. The lowest BCUT2D eigenvalue weighted by atomic mass is 9.93.